The highest BCUT2D eigenvalue weighted by molar-refractivity contribution is 9.10. The number of halogens is 1. The summed E-state index contributed by atoms with van der Waals surface area (Å²) >= 11 is 3.37. The van der Waals surface area contributed by atoms with Crippen molar-refractivity contribution in [3.63, 3.8) is 0 Å². The molecule has 1 aromatic rings. The molecule has 2 N–H and O–H groups in total. The fraction of sp³-hybridized carbons (Fsp3) is 0.467. The molecule has 0 spiro atoms. The molecule has 0 heterocycles. The van der Waals surface area contributed by atoms with Crippen LogP contribution in [0, 0.1) is 11.8 Å². The smallest absolute Gasteiger partial charge is 0.223 e. The summed E-state index contributed by atoms with van der Waals surface area (Å²) < 4.78 is 1.02. The summed E-state index contributed by atoms with van der Waals surface area (Å²) in [6.45, 7) is 2.99. The van der Waals surface area contributed by atoms with Crippen LogP contribution < -0.4 is 10.6 Å². The summed E-state index contributed by atoms with van der Waals surface area (Å²) in [5.74, 6) is 0.706. The molecule has 5 heteroatoms. The molecule has 1 saturated carbocycles. The number of benzene rings is 1. The van der Waals surface area contributed by atoms with Crippen molar-refractivity contribution in [2.45, 2.75) is 26.3 Å². The molecule has 1 aliphatic carbocycles. The van der Waals surface area contributed by atoms with Crippen LogP contribution in [0.25, 0.3) is 0 Å². The van der Waals surface area contributed by atoms with Gasteiger partial charge in [0.15, 0.2) is 0 Å². The molecule has 108 valence electrons. The summed E-state index contributed by atoms with van der Waals surface area (Å²) in [5.41, 5.74) is 1.05. The average molecular weight is 339 g/mol. The largest absolute Gasteiger partial charge is 0.355 e. The van der Waals surface area contributed by atoms with Gasteiger partial charge in [-0.15, -0.1) is 0 Å². The quantitative estimate of drug-likeness (QED) is 0.835. The minimum absolute atomic E-state index is 0.0444. The molecule has 1 fully saturated rings. The monoisotopic (exact) mass is 338 g/mol. The van der Waals surface area contributed by atoms with Crippen LogP contribution in [-0.4, -0.2) is 18.4 Å². The van der Waals surface area contributed by atoms with Gasteiger partial charge in [0.2, 0.25) is 11.8 Å². The molecule has 0 bridgehead atoms. The number of amides is 2. The van der Waals surface area contributed by atoms with Gasteiger partial charge >= 0.3 is 0 Å². The second-order valence-corrected chi connectivity index (χ2v) is 6.18. The Morgan fingerprint density at radius 2 is 1.90 bits per heavy atom. The first-order valence-corrected chi connectivity index (χ1v) is 7.64. The zero-order valence-corrected chi connectivity index (χ0v) is 13.1. The summed E-state index contributed by atoms with van der Waals surface area (Å²) in [4.78, 5) is 23.2. The maximum Gasteiger partial charge on any atom is 0.223 e. The van der Waals surface area contributed by atoms with E-state index in [1.807, 2.05) is 24.3 Å². The Labute approximate surface area is 127 Å². The Bertz CT molecular complexity index is 487. The van der Waals surface area contributed by atoms with Gasteiger partial charge < -0.3 is 10.6 Å². The summed E-state index contributed by atoms with van der Waals surface area (Å²) in [5, 5.41) is 5.65. The molecule has 20 heavy (non-hydrogen) atoms. The van der Waals surface area contributed by atoms with E-state index in [4.69, 9.17) is 0 Å². The van der Waals surface area contributed by atoms with E-state index < -0.39 is 0 Å². The second-order valence-electron chi connectivity index (χ2n) is 5.26. The van der Waals surface area contributed by atoms with Crippen molar-refractivity contribution in [2.75, 3.05) is 6.54 Å². The SMILES string of the molecule is C[C@H]1C[C@@H]1C(=O)NCCC(=O)NCc1ccc(Br)cc1. The Hall–Kier alpha value is -1.36. The molecule has 0 unspecified atom stereocenters. The van der Waals surface area contributed by atoms with Gasteiger partial charge in [0, 0.05) is 29.9 Å². The standard InChI is InChI=1S/C15H19BrN2O2/c1-10-8-13(10)15(20)17-7-6-14(19)18-9-11-2-4-12(16)5-3-11/h2-5,10,13H,6-9H2,1H3,(H,17,20)(H,18,19)/t10-,13-/m0/s1. The van der Waals surface area contributed by atoms with Crippen molar-refractivity contribution in [2.24, 2.45) is 11.8 Å². The molecule has 0 aliphatic heterocycles. The van der Waals surface area contributed by atoms with Crippen LogP contribution in [0.1, 0.15) is 25.3 Å². The van der Waals surface area contributed by atoms with Crippen molar-refractivity contribution in [3.8, 4) is 0 Å². The van der Waals surface area contributed by atoms with Crippen LogP contribution in [0.3, 0.4) is 0 Å². The molecular weight excluding hydrogens is 320 g/mol. The maximum absolute atomic E-state index is 11.6. The van der Waals surface area contributed by atoms with E-state index in [9.17, 15) is 9.59 Å². The van der Waals surface area contributed by atoms with Crippen molar-refractivity contribution < 1.29 is 9.59 Å². The van der Waals surface area contributed by atoms with E-state index in [1.54, 1.807) is 0 Å². The van der Waals surface area contributed by atoms with Crippen molar-refractivity contribution in [1.29, 1.82) is 0 Å². The molecule has 0 saturated heterocycles. The normalized spacial score (nSPS) is 20.3. The minimum Gasteiger partial charge on any atom is -0.355 e. The van der Waals surface area contributed by atoms with E-state index in [2.05, 4.69) is 33.5 Å². The highest BCUT2D eigenvalue weighted by Crippen LogP contribution is 2.37. The molecule has 0 radical (unpaired) electrons. The number of carbonyl (C=O) groups is 2. The highest BCUT2D eigenvalue weighted by atomic mass is 79.9. The third-order valence-electron chi connectivity index (χ3n) is 3.50. The number of rotatable bonds is 6. The average Bonchev–Trinajstić information content (AvgIpc) is 3.15. The molecule has 4 nitrogen and oxygen atoms in total. The van der Waals surface area contributed by atoms with Gasteiger partial charge in [-0.1, -0.05) is 35.0 Å². The lowest BCUT2D eigenvalue weighted by atomic mass is 10.2. The Balaban J connectivity index is 1.60. The first-order valence-electron chi connectivity index (χ1n) is 6.85. The number of nitrogens with one attached hydrogen (secondary N) is 2. The van der Waals surface area contributed by atoms with Crippen LogP contribution >= 0.6 is 15.9 Å². The van der Waals surface area contributed by atoms with E-state index in [1.165, 1.54) is 0 Å². The predicted octanol–water partition coefficient (Wildman–Crippen LogP) is 2.23. The van der Waals surface area contributed by atoms with Crippen LogP contribution in [0.4, 0.5) is 0 Å². The lowest BCUT2D eigenvalue weighted by Crippen LogP contribution is -2.31. The third-order valence-corrected chi connectivity index (χ3v) is 4.03. The fourth-order valence-corrected chi connectivity index (χ4v) is 2.27. The van der Waals surface area contributed by atoms with E-state index in [0.717, 1.165) is 16.5 Å². The zero-order valence-electron chi connectivity index (χ0n) is 11.5. The molecule has 2 rings (SSSR count). The van der Waals surface area contributed by atoms with Crippen molar-refractivity contribution in [3.05, 3.63) is 34.3 Å². The van der Waals surface area contributed by atoms with Crippen LogP contribution in [-0.2, 0) is 16.1 Å². The van der Waals surface area contributed by atoms with Crippen LogP contribution in [0.15, 0.2) is 28.7 Å². The van der Waals surface area contributed by atoms with Gasteiger partial charge in [-0.05, 0) is 30.0 Å². The lowest BCUT2D eigenvalue weighted by molar-refractivity contribution is -0.123. The first kappa shape index (κ1) is 15.0. The number of hydrogen-bond acceptors (Lipinski definition) is 2. The van der Waals surface area contributed by atoms with Crippen LogP contribution in [0.5, 0.6) is 0 Å². The van der Waals surface area contributed by atoms with E-state index in [-0.39, 0.29) is 17.7 Å². The molecule has 1 aliphatic rings. The third kappa shape index (κ3) is 4.63. The summed E-state index contributed by atoms with van der Waals surface area (Å²) in [6.07, 6.45) is 1.30. The minimum atomic E-state index is -0.0444. The zero-order chi connectivity index (χ0) is 14.5. The summed E-state index contributed by atoms with van der Waals surface area (Å²) in [6, 6.07) is 7.80. The fourth-order valence-electron chi connectivity index (χ4n) is 2.01. The van der Waals surface area contributed by atoms with Crippen molar-refractivity contribution >= 4 is 27.7 Å². The number of carbonyl (C=O) groups excluding carboxylic acids is 2. The van der Waals surface area contributed by atoms with Gasteiger partial charge in [-0.3, -0.25) is 9.59 Å². The molecule has 2 atom stereocenters. The molecule has 2 amide bonds. The van der Waals surface area contributed by atoms with E-state index in [0.29, 0.717) is 25.4 Å². The maximum atomic E-state index is 11.6. The van der Waals surface area contributed by atoms with E-state index >= 15 is 0 Å². The Morgan fingerprint density at radius 3 is 2.50 bits per heavy atom. The second kappa shape index (κ2) is 6.88. The lowest BCUT2D eigenvalue weighted by Gasteiger charge is -2.07. The Kier molecular flexibility index (Phi) is 5.17. The van der Waals surface area contributed by atoms with Gasteiger partial charge in [-0.2, -0.15) is 0 Å². The topological polar surface area (TPSA) is 58.2 Å². The summed E-state index contributed by atoms with van der Waals surface area (Å²) in [7, 11) is 0. The first-order chi connectivity index (χ1) is 9.56. The Morgan fingerprint density at radius 1 is 1.25 bits per heavy atom. The highest BCUT2D eigenvalue weighted by Gasteiger charge is 2.38. The predicted molar refractivity (Wildman–Crippen MR) is 80.9 cm³/mol. The van der Waals surface area contributed by atoms with Gasteiger partial charge in [0.1, 0.15) is 0 Å². The molecule has 1 aromatic carbocycles. The van der Waals surface area contributed by atoms with Gasteiger partial charge in [0.05, 0.1) is 0 Å². The van der Waals surface area contributed by atoms with Crippen molar-refractivity contribution in [1.82, 2.24) is 10.6 Å². The van der Waals surface area contributed by atoms with Crippen LogP contribution in [0.2, 0.25) is 0 Å². The van der Waals surface area contributed by atoms with Gasteiger partial charge in [-0.25, -0.2) is 0 Å². The molecule has 0 aromatic heterocycles. The van der Waals surface area contributed by atoms with Gasteiger partial charge in [0.25, 0.3) is 0 Å². The molecular formula is C15H19BrN2O2. The number of hydrogen-bond donors (Lipinski definition) is 2.